The molecule has 3 aromatic heterocycles. The van der Waals surface area contributed by atoms with E-state index in [-0.39, 0.29) is 0 Å². The van der Waals surface area contributed by atoms with E-state index in [0.717, 1.165) is 4.88 Å². The van der Waals surface area contributed by atoms with Crippen molar-refractivity contribution in [1.29, 1.82) is 0 Å². The Hall–Kier alpha value is -3.92. The monoisotopic (exact) mass is 451 g/mol. The molecule has 1 N–H and O–H groups in total. The molecule has 0 aliphatic rings. The normalized spacial score (nSPS) is 10.6. The number of rotatable bonds is 8. The molecule has 1 aromatic carbocycles. The molecule has 0 atom stereocenters. The first-order chi connectivity index (χ1) is 15.6. The summed E-state index contributed by atoms with van der Waals surface area (Å²) in [5, 5.41) is 9.65. The lowest BCUT2D eigenvalue weighted by molar-refractivity contribution is 0.0946. The van der Waals surface area contributed by atoms with Gasteiger partial charge in [-0.25, -0.2) is 0 Å². The maximum Gasteiger partial charge on any atom is 0.281 e. The Kier molecular flexibility index (Phi) is 6.31. The van der Waals surface area contributed by atoms with E-state index in [4.69, 9.17) is 14.2 Å². The van der Waals surface area contributed by atoms with E-state index in [1.165, 1.54) is 26.0 Å². The van der Waals surface area contributed by atoms with Crippen LogP contribution >= 0.6 is 11.3 Å². The summed E-state index contributed by atoms with van der Waals surface area (Å²) in [5.74, 6) is 1.44. The van der Waals surface area contributed by atoms with Gasteiger partial charge in [-0.1, -0.05) is 6.07 Å². The van der Waals surface area contributed by atoms with Crippen molar-refractivity contribution in [1.82, 2.24) is 19.7 Å². The fourth-order valence-electron chi connectivity index (χ4n) is 3.09. The number of carbonyl (C=O) groups excluding carboxylic acids is 1. The molecule has 0 unspecified atom stereocenters. The fourth-order valence-corrected chi connectivity index (χ4v) is 3.74. The minimum atomic E-state index is -0.402. The van der Waals surface area contributed by atoms with Gasteiger partial charge in [-0.2, -0.15) is 9.67 Å². The molecule has 32 heavy (non-hydrogen) atoms. The van der Waals surface area contributed by atoms with Gasteiger partial charge in [0.25, 0.3) is 5.91 Å². The molecule has 0 spiro atoms. The van der Waals surface area contributed by atoms with Crippen molar-refractivity contribution >= 4 is 23.2 Å². The van der Waals surface area contributed by atoms with Crippen molar-refractivity contribution in [3.8, 4) is 28.6 Å². The molecule has 0 saturated heterocycles. The zero-order chi connectivity index (χ0) is 22.5. The SMILES string of the molecule is COc1cc(C(=O)n2nc(-c3cccnc3)nc2NCc2cccs2)cc(OC)c1OC. The summed E-state index contributed by atoms with van der Waals surface area (Å²) in [6.45, 7) is 0.505. The van der Waals surface area contributed by atoms with Gasteiger partial charge in [-0.05, 0) is 35.7 Å². The van der Waals surface area contributed by atoms with Crippen LogP contribution in [-0.4, -0.2) is 47.0 Å². The van der Waals surface area contributed by atoms with Crippen LogP contribution in [0.3, 0.4) is 0 Å². The van der Waals surface area contributed by atoms with E-state index in [1.54, 1.807) is 41.9 Å². The van der Waals surface area contributed by atoms with Crippen molar-refractivity contribution in [2.24, 2.45) is 0 Å². The molecule has 10 heteroatoms. The number of hydrogen-bond donors (Lipinski definition) is 1. The maximum absolute atomic E-state index is 13.5. The molecular formula is C22H21N5O4S. The number of aromatic nitrogens is 4. The van der Waals surface area contributed by atoms with Gasteiger partial charge in [0.1, 0.15) is 0 Å². The van der Waals surface area contributed by atoms with Crippen LogP contribution in [0.4, 0.5) is 5.95 Å². The van der Waals surface area contributed by atoms with Crippen molar-refractivity contribution in [2.75, 3.05) is 26.6 Å². The summed E-state index contributed by atoms with van der Waals surface area (Å²) >= 11 is 1.61. The number of pyridine rings is 1. The van der Waals surface area contributed by atoms with Crippen molar-refractivity contribution in [2.45, 2.75) is 6.54 Å². The minimum absolute atomic E-state index is 0.307. The summed E-state index contributed by atoms with van der Waals surface area (Å²) in [6, 6.07) is 10.8. The quantitative estimate of drug-likeness (QED) is 0.433. The van der Waals surface area contributed by atoms with Gasteiger partial charge < -0.3 is 19.5 Å². The fraction of sp³-hybridized carbons (Fsp3) is 0.182. The summed E-state index contributed by atoms with van der Waals surface area (Å²) in [6.07, 6.45) is 3.31. The van der Waals surface area contributed by atoms with Crippen LogP contribution in [0, 0.1) is 0 Å². The first-order valence-corrected chi connectivity index (χ1v) is 10.5. The standard InChI is InChI=1S/C22H21N5O4S/c1-29-17-10-15(11-18(30-2)19(17)31-3)21(28)27-22(24-13-16-7-5-9-32-16)25-20(26-27)14-6-4-8-23-12-14/h4-12H,13H2,1-3H3,(H,24,25,26). The summed E-state index contributed by atoms with van der Waals surface area (Å²) in [4.78, 5) is 23.2. The Balaban J connectivity index is 1.75. The Morgan fingerprint density at radius 1 is 1.09 bits per heavy atom. The average Bonchev–Trinajstić information content (AvgIpc) is 3.51. The summed E-state index contributed by atoms with van der Waals surface area (Å²) in [7, 11) is 4.50. The number of anilines is 1. The number of nitrogens with one attached hydrogen (secondary N) is 1. The third-order valence-electron chi connectivity index (χ3n) is 4.63. The number of methoxy groups -OCH3 is 3. The number of ether oxygens (including phenoxy) is 3. The summed E-state index contributed by atoms with van der Waals surface area (Å²) < 4.78 is 17.3. The van der Waals surface area contributed by atoms with Crippen molar-refractivity contribution in [3.05, 3.63) is 64.6 Å². The number of thiophene rings is 1. The molecule has 4 aromatic rings. The molecular weight excluding hydrogens is 430 g/mol. The maximum atomic E-state index is 13.5. The van der Waals surface area contributed by atoms with Gasteiger partial charge >= 0.3 is 0 Å². The second-order valence-corrected chi connectivity index (χ2v) is 7.60. The van der Waals surface area contributed by atoms with E-state index in [2.05, 4.69) is 20.4 Å². The average molecular weight is 452 g/mol. The highest BCUT2D eigenvalue weighted by atomic mass is 32.1. The first kappa shape index (κ1) is 21.3. The van der Waals surface area contributed by atoms with E-state index in [9.17, 15) is 4.79 Å². The zero-order valence-electron chi connectivity index (χ0n) is 17.7. The lowest BCUT2D eigenvalue weighted by atomic mass is 10.1. The first-order valence-electron chi connectivity index (χ1n) is 9.63. The number of nitrogens with zero attached hydrogens (tertiary/aromatic N) is 4. The van der Waals surface area contributed by atoms with E-state index in [0.29, 0.717) is 46.7 Å². The lowest BCUT2D eigenvalue weighted by Gasteiger charge is -2.14. The Morgan fingerprint density at radius 3 is 2.47 bits per heavy atom. The van der Waals surface area contributed by atoms with E-state index >= 15 is 0 Å². The van der Waals surface area contributed by atoms with Crippen LogP contribution in [0.5, 0.6) is 17.2 Å². The smallest absolute Gasteiger partial charge is 0.281 e. The molecule has 0 radical (unpaired) electrons. The van der Waals surface area contributed by atoms with Gasteiger partial charge in [0.05, 0.1) is 27.9 Å². The number of benzene rings is 1. The van der Waals surface area contributed by atoms with E-state index < -0.39 is 5.91 Å². The largest absolute Gasteiger partial charge is 0.493 e. The van der Waals surface area contributed by atoms with Crippen molar-refractivity contribution < 1.29 is 19.0 Å². The molecule has 0 aliphatic carbocycles. The van der Waals surface area contributed by atoms with Crippen LogP contribution in [-0.2, 0) is 6.54 Å². The molecule has 164 valence electrons. The second kappa shape index (κ2) is 9.48. The predicted octanol–water partition coefficient (Wildman–Crippen LogP) is 3.73. The van der Waals surface area contributed by atoms with Gasteiger partial charge in [-0.3, -0.25) is 9.78 Å². The molecule has 0 bridgehead atoms. The van der Waals surface area contributed by atoms with Crippen LogP contribution < -0.4 is 19.5 Å². The minimum Gasteiger partial charge on any atom is -0.493 e. The van der Waals surface area contributed by atoms with Gasteiger partial charge in [-0.15, -0.1) is 16.4 Å². The third-order valence-corrected chi connectivity index (χ3v) is 5.51. The number of carbonyl (C=O) groups is 1. The van der Waals surface area contributed by atoms with Gasteiger partial charge in [0, 0.05) is 28.4 Å². The molecule has 0 amide bonds. The predicted molar refractivity (Wildman–Crippen MR) is 121 cm³/mol. The van der Waals surface area contributed by atoms with Gasteiger partial charge in [0.15, 0.2) is 17.3 Å². The molecule has 0 aliphatic heterocycles. The lowest BCUT2D eigenvalue weighted by Crippen LogP contribution is -2.18. The molecule has 0 fully saturated rings. The van der Waals surface area contributed by atoms with Crippen LogP contribution in [0.2, 0.25) is 0 Å². The van der Waals surface area contributed by atoms with Crippen LogP contribution in [0.1, 0.15) is 15.2 Å². The highest BCUT2D eigenvalue weighted by molar-refractivity contribution is 7.09. The summed E-state index contributed by atoms with van der Waals surface area (Å²) in [5.41, 5.74) is 1.00. The van der Waals surface area contributed by atoms with E-state index in [1.807, 2.05) is 23.6 Å². The third kappa shape index (κ3) is 4.26. The molecule has 9 nitrogen and oxygen atoms in total. The molecule has 0 saturated carbocycles. The van der Waals surface area contributed by atoms with Crippen molar-refractivity contribution in [3.63, 3.8) is 0 Å². The van der Waals surface area contributed by atoms with Crippen LogP contribution in [0.25, 0.3) is 11.4 Å². The molecule has 4 rings (SSSR count). The van der Waals surface area contributed by atoms with Crippen LogP contribution in [0.15, 0.2) is 54.2 Å². The zero-order valence-corrected chi connectivity index (χ0v) is 18.5. The highest BCUT2D eigenvalue weighted by Crippen LogP contribution is 2.38. The Morgan fingerprint density at radius 2 is 1.88 bits per heavy atom. The Labute approximate surface area is 188 Å². The number of hydrogen-bond acceptors (Lipinski definition) is 9. The highest BCUT2D eigenvalue weighted by Gasteiger charge is 2.22. The molecule has 3 heterocycles. The topological polar surface area (TPSA) is 100 Å². The second-order valence-electron chi connectivity index (χ2n) is 6.56. The Bertz CT molecular complexity index is 1180. The van der Waals surface area contributed by atoms with Gasteiger partial charge in [0.2, 0.25) is 11.7 Å².